The lowest BCUT2D eigenvalue weighted by atomic mass is 9.58. The maximum absolute atomic E-state index is 9.36. The zero-order chi connectivity index (χ0) is 12.6. The highest BCUT2D eigenvalue weighted by Gasteiger charge is 2.48. The summed E-state index contributed by atoms with van der Waals surface area (Å²) < 4.78 is 6.00. The molecule has 0 aliphatic heterocycles. The third kappa shape index (κ3) is 2.78. The van der Waals surface area contributed by atoms with Crippen molar-refractivity contribution in [2.75, 3.05) is 6.61 Å². The van der Waals surface area contributed by atoms with E-state index in [1.54, 1.807) is 6.92 Å². The van der Waals surface area contributed by atoms with Gasteiger partial charge in [-0.25, -0.2) is 0 Å². The highest BCUT2D eigenvalue weighted by atomic mass is 16.5. The first-order valence-corrected chi connectivity index (χ1v) is 6.47. The molecule has 0 aromatic heterocycles. The minimum absolute atomic E-state index is 0.191. The van der Waals surface area contributed by atoms with Gasteiger partial charge >= 0.3 is 0 Å². The monoisotopic (exact) mass is 228 g/mol. The van der Waals surface area contributed by atoms with E-state index in [1.165, 1.54) is 12.8 Å². The molecule has 1 rings (SSSR count). The molecule has 2 heteroatoms. The van der Waals surface area contributed by atoms with Gasteiger partial charge in [0.25, 0.3) is 0 Å². The van der Waals surface area contributed by atoms with Crippen LogP contribution in [0.1, 0.15) is 54.4 Å². The average Bonchev–Trinajstić information content (AvgIpc) is 2.11. The van der Waals surface area contributed by atoms with E-state index in [4.69, 9.17) is 4.74 Å². The lowest BCUT2D eigenvalue weighted by Gasteiger charge is -2.52. The Balaban J connectivity index is 2.79. The van der Waals surface area contributed by atoms with E-state index in [1.807, 2.05) is 0 Å². The minimum atomic E-state index is -0.371. The van der Waals surface area contributed by atoms with Crippen molar-refractivity contribution in [3.05, 3.63) is 0 Å². The molecule has 96 valence electrons. The van der Waals surface area contributed by atoms with Crippen molar-refractivity contribution in [1.82, 2.24) is 0 Å². The number of hydrogen-bond donors (Lipinski definition) is 1. The Labute approximate surface area is 100 Å². The molecule has 3 atom stereocenters. The van der Waals surface area contributed by atoms with Crippen LogP contribution in [0.3, 0.4) is 0 Å². The SMILES string of the molecule is CC(O)COC1C(C)(C)CCC(C)C1(C)C. The van der Waals surface area contributed by atoms with Gasteiger partial charge in [0.15, 0.2) is 0 Å². The Morgan fingerprint density at radius 1 is 1.31 bits per heavy atom. The van der Waals surface area contributed by atoms with Crippen LogP contribution in [0.5, 0.6) is 0 Å². The second-order valence-corrected chi connectivity index (χ2v) is 6.81. The molecule has 1 saturated carbocycles. The Morgan fingerprint density at radius 3 is 2.38 bits per heavy atom. The third-order valence-corrected chi connectivity index (χ3v) is 4.38. The van der Waals surface area contributed by atoms with Gasteiger partial charge in [-0.1, -0.05) is 34.6 Å². The zero-order valence-electron chi connectivity index (χ0n) is 11.7. The lowest BCUT2D eigenvalue weighted by molar-refractivity contribution is -0.154. The number of ether oxygens (including phenoxy) is 1. The molecule has 1 N–H and O–H groups in total. The van der Waals surface area contributed by atoms with Crippen molar-refractivity contribution >= 4 is 0 Å². The molecule has 16 heavy (non-hydrogen) atoms. The number of aliphatic hydroxyl groups excluding tert-OH is 1. The average molecular weight is 228 g/mol. The van der Waals surface area contributed by atoms with Crippen LogP contribution in [0.2, 0.25) is 0 Å². The van der Waals surface area contributed by atoms with Crippen molar-refractivity contribution < 1.29 is 9.84 Å². The molecule has 2 nitrogen and oxygen atoms in total. The van der Waals surface area contributed by atoms with Crippen LogP contribution in [0.4, 0.5) is 0 Å². The second kappa shape index (κ2) is 4.66. The summed E-state index contributed by atoms with van der Waals surface area (Å²) in [6, 6.07) is 0. The summed E-state index contributed by atoms with van der Waals surface area (Å²) in [6.45, 7) is 13.7. The van der Waals surface area contributed by atoms with E-state index in [-0.39, 0.29) is 23.0 Å². The molecule has 0 saturated heterocycles. The van der Waals surface area contributed by atoms with Crippen molar-refractivity contribution in [2.45, 2.75) is 66.6 Å². The van der Waals surface area contributed by atoms with Crippen LogP contribution in [0, 0.1) is 16.7 Å². The van der Waals surface area contributed by atoms with Gasteiger partial charge in [0, 0.05) is 0 Å². The molecule has 1 fully saturated rings. The van der Waals surface area contributed by atoms with Crippen LogP contribution in [-0.2, 0) is 4.74 Å². The van der Waals surface area contributed by atoms with Crippen molar-refractivity contribution in [3.8, 4) is 0 Å². The summed E-state index contributed by atoms with van der Waals surface area (Å²) in [6.07, 6.45) is 2.35. The standard InChI is InChI=1S/C14H28O2/c1-10-7-8-13(3,4)12(14(10,5)6)16-9-11(2)15/h10-12,15H,7-9H2,1-6H3. The molecular formula is C14H28O2. The van der Waals surface area contributed by atoms with Crippen molar-refractivity contribution in [3.63, 3.8) is 0 Å². The van der Waals surface area contributed by atoms with Crippen molar-refractivity contribution in [2.24, 2.45) is 16.7 Å². The van der Waals surface area contributed by atoms with Crippen LogP contribution < -0.4 is 0 Å². The van der Waals surface area contributed by atoms with E-state index in [9.17, 15) is 5.11 Å². The first-order valence-electron chi connectivity index (χ1n) is 6.47. The fourth-order valence-electron chi connectivity index (χ4n) is 3.03. The molecule has 1 aliphatic rings. The minimum Gasteiger partial charge on any atom is -0.391 e. The normalized spacial score (nSPS) is 34.7. The van der Waals surface area contributed by atoms with E-state index >= 15 is 0 Å². The van der Waals surface area contributed by atoms with Crippen LogP contribution in [-0.4, -0.2) is 23.9 Å². The van der Waals surface area contributed by atoms with E-state index in [0.717, 1.165) is 0 Å². The molecule has 0 amide bonds. The molecule has 0 bridgehead atoms. The van der Waals surface area contributed by atoms with Crippen molar-refractivity contribution in [1.29, 1.82) is 0 Å². The smallest absolute Gasteiger partial charge is 0.0745 e. The van der Waals surface area contributed by atoms with Gasteiger partial charge in [0.05, 0.1) is 18.8 Å². The summed E-state index contributed by atoms with van der Waals surface area (Å²) in [5.41, 5.74) is 0.404. The zero-order valence-corrected chi connectivity index (χ0v) is 11.7. The molecule has 0 aromatic carbocycles. The quantitative estimate of drug-likeness (QED) is 0.803. The highest BCUT2D eigenvalue weighted by Crippen LogP contribution is 2.50. The summed E-state index contributed by atoms with van der Waals surface area (Å²) in [7, 11) is 0. The van der Waals surface area contributed by atoms with Gasteiger partial charge in [0.1, 0.15) is 0 Å². The first kappa shape index (κ1) is 14.0. The second-order valence-electron chi connectivity index (χ2n) is 6.81. The first-order chi connectivity index (χ1) is 7.18. The highest BCUT2D eigenvalue weighted by molar-refractivity contribution is 4.97. The fourth-order valence-corrected chi connectivity index (χ4v) is 3.03. The Morgan fingerprint density at radius 2 is 1.88 bits per heavy atom. The maximum Gasteiger partial charge on any atom is 0.0745 e. The third-order valence-electron chi connectivity index (χ3n) is 4.38. The van der Waals surface area contributed by atoms with Gasteiger partial charge in [-0.3, -0.25) is 0 Å². The predicted octanol–water partition coefficient (Wildman–Crippen LogP) is 3.23. The number of hydrogen-bond acceptors (Lipinski definition) is 2. The molecule has 0 radical (unpaired) electrons. The van der Waals surface area contributed by atoms with Gasteiger partial charge in [-0.2, -0.15) is 0 Å². The number of aliphatic hydroxyl groups is 1. The van der Waals surface area contributed by atoms with E-state index in [2.05, 4.69) is 34.6 Å². The van der Waals surface area contributed by atoms with Gasteiger partial charge in [-0.15, -0.1) is 0 Å². The van der Waals surface area contributed by atoms with E-state index in [0.29, 0.717) is 12.5 Å². The Kier molecular flexibility index (Phi) is 4.07. The summed E-state index contributed by atoms with van der Waals surface area (Å²) in [4.78, 5) is 0. The molecule has 0 spiro atoms. The summed E-state index contributed by atoms with van der Waals surface area (Å²) in [5.74, 6) is 0.680. The molecular weight excluding hydrogens is 200 g/mol. The Bertz CT molecular complexity index is 231. The number of rotatable bonds is 3. The fraction of sp³-hybridized carbons (Fsp3) is 1.00. The largest absolute Gasteiger partial charge is 0.391 e. The lowest BCUT2D eigenvalue weighted by Crippen LogP contribution is -2.51. The summed E-state index contributed by atoms with van der Waals surface area (Å²) in [5, 5.41) is 9.36. The molecule has 0 aromatic rings. The van der Waals surface area contributed by atoms with Crippen LogP contribution in [0.15, 0.2) is 0 Å². The van der Waals surface area contributed by atoms with Crippen LogP contribution >= 0.6 is 0 Å². The molecule has 3 unspecified atom stereocenters. The topological polar surface area (TPSA) is 29.5 Å². The Hall–Kier alpha value is -0.0800. The maximum atomic E-state index is 9.36. The van der Waals surface area contributed by atoms with Crippen LogP contribution in [0.25, 0.3) is 0 Å². The van der Waals surface area contributed by atoms with Gasteiger partial charge in [0.2, 0.25) is 0 Å². The van der Waals surface area contributed by atoms with Gasteiger partial charge < -0.3 is 9.84 Å². The summed E-state index contributed by atoms with van der Waals surface area (Å²) >= 11 is 0. The van der Waals surface area contributed by atoms with E-state index < -0.39 is 0 Å². The predicted molar refractivity (Wildman–Crippen MR) is 67.4 cm³/mol. The molecule has 0 heterocycles. The molecule has 1 aliphatic carbocycles. The van der Waals surface area contributed by atoms with Gasteiger partial charge in [-0.05, 0) is 36.5 Å².